The van der Waals surface area contributed by atoms with Crippen LogP contribution in [0, 0.1) is 0 Å². The number of carboxylic acid groups (broad SMARTS) is 1. The molecule has 5 nitrogen and oxygen atoms in total. The van der Waals surface area contributed by atoms with E-state index in [0.29, 0.717) is 17.4 Å². The minimum Gasteiger partial charge on any atom is -0.489 e. The number of hydrogen-bond acceptors (Lipinski definition) is 3. The summed E-state index contributed by atoms with van der Waals surface area (Å²) in [4.78, 5) is 26.5. The molecule has 2 atom stereocenters. The molecule has 1 amide bonds. The summed E-state index contributed by atoms with van der Waals surface area (Å²) in [6.07, 6.45) is 0.161. The lowest BCUT2D eigenvalue weighted by Gasteiger charge is -2.25. The molecule has 4 rings (SSSR count). The van der Waals surface area contributed by atoms with Crippen LogP contribution in [0.15, 0.2) is 72.8 Å². The van der Waals surface area contributed by atoms with Crippen molar-refractivity contribution in [3.05, 3.63) is 94.5 Å². The van der Waals surface area contributed by atoms with Gasteiger partial charge in [-0.05, 0) is 53.9 Å². The molecule has 0 aliphatic carbocycles. The van der Waals surface area contributed by atoms with Crippen molar-refractivity contribution in [3.63, 3.8) is 0 Å². The zero-order valence-electron chi connectivity index (χ0n) is 17.7. The van der Waals surface area contributed by atoms with Crippen LogP contribution in [-0.2, 0) is 22.6 Å². The third-order valence-corrected chi connectivity index (χ3v) is 6.08. The summed E-state index contributed by atoms with van der Waals surface area (Å²) in [7, 11) is 0. The van der Waals surface area contributed by atoms with Crippen LogP contribution in [0.3, 0.4) is 0 Å². The minimum absolute atomic E-state index is 0.0545. The molecule has 0 unspecified atom stereocenters. The van der Waals surface area contributed by atoms with Crippen molar-refractivity contribution in [1.82, 2.24) is 0 Å². The van der Waals surface area contributed by atoms with Gasteiger partial charge in [-0.1, -0.05) is 54.1 Å². The van der Waals surface area contributed by atoms with Gasteiger partial charge in [0.15, 0.2) is 0 Å². The van der Waals surface area contributed by atoms with Crippen LogP contribution >= 0.6 is 11.6 Å². The first-order chi connectivity index (χ1) is 15.4. The Bertz CT molecular complexity index is 1110. The second-order valence-electron chi connectivity index (χ2n) is 8.01. The fourth-order valence-electron chi connectivity index (χ4n) is 4.23. The number of hydrogen-bond donors (Lipinski definition) is 1. The summed E-state index contributed by atoms with van der Waals surface area (Å²) in [5.74, 6) is -0.624. The summed E-state index contributed by atoms with van der Waals surface area (Å²) in [5.41, 5.74) is 3.48. The Hall–Kier alpha value is -3.31. The fraction of sp³-hybridized carbons (Fsp3) is 0.231. The minimum atomic E-state index is -0.893. The van der Waals surface area contributed by atoms with Crippen LogP contribution in [0.25, 0.3) is 0 Å². The van der Waals surface area contributed by atoms with Crippen LogP contribution in [0.1, 0.15) is 36.0 Å². The predicted octanol–water partition coefficient (Wildman–Crippen LogP) is 5.46. The zero-order valence-corrected chi connectivity index (χ0v) is 18.5. The molecular weight excluding hydrogens is 426 g/mol. The fourth-order valence-corrected chi connectivity index (χ4v) is 4.36. The molecule has 1 aliphatic rings. The van der Waals surface area contributed by atoms with Crippen LogP contribution in [0.2, 0.25) is 5.02 Å². The van der Waals surface area contributed by atoms with Crippen molar-refractivity contribution in [1.29, 1.82) is 0 Å². The van der Waals surface area contributed by atoms with E-state index in [0.717, 1.165) is 22.4 Å². The highest BCUT2D eigenvalue weighted by molar-refractivity contribution is 6.30. The number of nitrogens with zero attached hydrogens (tertiary/aromatic N) is 1. The van der Waals surface area contributed by atoms with E-state index in [1.165, 1.54) is 0 Å². The van der Waals surface area contributed by atoms with E-state index in [2.05, 4.69) is 0 Å². The number of fused-ring (bicyclic) bond motifs is 1. The third-order valence-electron chi connectivity index (χ3n) is 5.83. The average molecular weight is 450 g/mol. The number of benzene rings is 3. The van der Waals surface area contributed by atoms with E-state index >= 15 is 0 Å². The number of rotatable bonds is 7. The van der Waals surface area contributed by atoms with Crippen molar-refractivity contribution in [2.45, 2.75) is 38.3 Å². The maximum atomic E-state index is 13.2. The van der Waals surface area contributed by atoms with E-state index in [1.807, 2.05) is 67.6 Å². The van der Waals surface area contributed by atoms with Crippen molar-refractivity contribution < 1.29 is 19.4 Å². The Balaban J connectivity index is 1.59. The molecule has 0 radical (unpaired) electrons. The van der Waals surface area contributed by atoms with Gasteiger partial charge in [0.2, 0.25) is 5.91 Å². The standard InChI is InChI=1S/C26H24ClNO4/c1-17-22(15-26(30)31)23-14-21(32-16-19-5-3-2-4-6-19)11-12-24(23)28(17)25(29)13-18-7-9-20(27)10-8-18/h2-12,14,17,22H,13,15-16H2,1H3,(H,30,31)/t17-,22-/m1/s1. The number of anilines is 1. The maximum absolute atomic E-state index is 13.2. The highest BCUT2D eigenvalue weighted by atomic mass is 35.5. The summed E-state index contributed by atoms with van der Waals surface area (Å²) >= 11 is 5.95. The molecule has 32 heavy (non-hydrogen) atoms. The molecule has 0 saturated carbocycles. The molecule has 3 aromatic carbocycles. The maximum Gasteiger partial charge on any atom is 0.304 e. The van der Waals surface area contributed by atoms with Gasteiger partial charge in [0.05, 0.1) is 12.8 Å². The normalized spacial score (nSPS) is 17.1. The highest BCUT2D eigenvalue weighted by Crippen LogP contribution is 2.44. The molecular formula is C26H24ClNO4. The summed E-state index contributed by atoms with van der Waals surface area (Å²) in [6.45, 7) is 2.32. The third kappa shape index (κ3) is 4.78. The molecule has 3 aromatic rings. The first-order valence-electron chi connectivity index (χ1n) is 10.5. The molecule has 164 valence electrons. The topological polar surface area (TPSA) is 66.8 Å². The van der Waals surface area contributed by atoms with E-state index < -0.39 is 5.97 Å². The van der Waals surface area contributed by atoms with E-state index in [9.17, 15) is 14.7 Å². The molecule has 0 fully saturated rings. The predicted molar refractivity (Wildman–Crippen MR) is 124 cm³/mol. The Morgan fingerprint density at radius 2 is 1.72 bits per heavy atom. The highest BCUT2D eigenvalue weighted by Gasteiger charge is 2.40. The van der Waals surface area contributed by atoms with E-state index in [1.54, 1.807) is 17.0 Å². The Kier molecular flexibility index (Phi) is 6.47. The Morgan fingerprint density at radius 3 is 2.41 bits per heavy atom. The number of amides is 1. The van der Waals surface area contributed by atoms with E-state index in [4.69, 9.17) is 16.3 Å². The monoisotopic (exact) mass is 449 g/mol. The number of carbonyl (C=O) groups excluding carboxylic acids is 1. The van der Waals surface area contributed by atoms with Crippen molar-refractivity contribution in [2.24, 2.45) is 0 Å². The Labute approximate surface area is 192 Å². The molecule has 1 heterocycles. The molecule has 0 spiro atoms. The van der Waals surface area contributed by atoms with Crippen molar-refractivity contribution >= 4 is 29.2 Å². The molecule has 1 aliphatic heterocycles. The molecule has 0 bridgehead atoms. The van der Waals surface area contributed by atoms with Gasteiger partial charge in [-0.2, -0.15) is 0 Å². The lowest BCUT2D eigenvalue weighted by atomic mass is 9.92. The van der Waals surface area contributed by atoms with Crippen LogP contribution < -0.4 is 9.64 Å². The summed E-state index contributed by atoms with van der Waals surface area (Å²) in [5, 5.41) is 10.1. The largest absolute Gasteiger partial charge is 0.489 e. The van der Waals surface area contributed by atoms with Gasteiger partial charge >= 0.3 is 5.97 Å². The first kappa shape index (κ1) is 21.9. The van der Waals surface area contributed by atoms with Crippen LogP contribution in [-0.4, -0.2) is 23.0 Å². The number of carboxylic acids is 1. The zero-order chi connectivity index (χ0) is 22.7. The van der Waals surface area contributed by atoms with Crippen molar-refractivity contribution in [2.75, 3.05) is 4.90 Å². The first-order valence-corrected chi connectivity index (χ1v) is 10.9. The second-order valence-corrected chi connectivity index (χ2v) is 8.44. The number of ether oxygens (including phenoxy) is 1. The summed E-state index contributed by atoms with van der Waals surface area (Å²) < 4.78 is 5.95. The van der Waals surface area contributed by atoms with E-state index in [-0.39, 0.29) is 30.7 Å². The van der Waals surface area contributed by atoms with Gasteiger partial charge in [0, 0.05) is 22.7 Å². The van der Waals surface area contributed by atoms with Gasteiger partial charge in [-0.3, -0.25) is 9.59 Å². The van der Waals surface area contributed by atoms with Gasteiger partial charge in [0.25, 0.3) is 0 Å². The average Bonchev–Trinajstić information content (AvgIpc) is 3.05. The number of aliphatic carboxylic acids is 1. The molecule has 6 heteroatoms. The van der Waals surface area contributed by atoms with Gasteiger partial charge in [-0.25, -0.2) is 0 Å². The number of halogens is 1. The second kappa shape index (κ2) is 9.45. The van der Waals surface area contributed by atoms with Crippen molar-refractivity contribution in [3.8, 4) is 5.75 Å². The SMILES string of the molecule is C[C@@H]1[C@@H](CC(=O)O)c2cc(OCc3ccccc3)ccc2N1C(=O)Cc1ccc(Cl)cc1. The van der Waals surface area contributed by atoms with Gasteiger partial charge in [0.1, 0.15) is 12.4 Å². The lowest BCUT2D eigenvalue weighted by molar-refractivity contribution is -0.137. The molecule has 0 saturated heterocycles. The van der Waals surface area contributed by atoms with Crippen LogP contribution in [0.5, 0.6) is 5.75 Å². The molecule has 0 aromatic heterocycles. The van der Waals surface area contributed by atoms with Gasteiger partial charge < -0.3 is 14.7 Å². The molecule has 1 N–H and O–H groups in total. The Morgan fingerprint density at radius 1 is 1.00 bits per heavy atom. The summed E-state index contributed by atoms with van der Waals surface area (Å²) in [6, 6.07) is 22.3. The quantitative estimate of drug-likeness (QED) is 0.520. The van der Waals surface area contributed by atoms with Crippen LogP contribution in [0.4, 0.5) is 5.69 Å². The van der Waals surface area contributed by atoms with Gasteiger partial charge in [-0.15, -0.1) is 0 Å². The smallest absolute Gasteiger partial charge is 0.304 e. The number of carbonyl (C=O) groups is 2. The lowest BCUT2D eigenvalue weighted by Crippen LogP contribution is -2.38.